The Morgan fingerprint density at radius 3 is 2.70 bits per heavy atom. The summed E-state index contributed by atoms with van der Waals surface area (Å²) in [5.74, 6) is 0.480. The molecule has 0 aliphatic carbocycles. The summed E-state index contributed by atoms with van der Waals surface area (Å²) in [7, 11) is -3.72. The maximum Gasteiger partial charge on any atom is 0.273 e. The number of hydrogen-bond donors (Lipinski definition) is 2. The third kappa shape index (κ3) is 3.02. The van der Waals surface area contributed by atoms with Crippen molar-refractivity contribution in [1.82, 2.24) is 4.98 Å². The van der Waals surface area contributed by atoms with Crippen LogP contribution in [0, 0.1) is 6.92 Å². The normalized spacial score (nSPS) is 11.3. The van der Waals surface area contributed by atoms with E-state index >= 15 is 0 Å². The van der Waals surface area contributed by atoms with Crippen molar-refractivity contribution in [1.29, 1.82) is 0 Å². The number of para-hydroxylation sites is 2. The first-order valence-electron chi connectivity index (χ1n) is 5.91. The second kappa shape index (κ2) is 5.68. The molecule has 2 rings (SSSR count). The summed E-state index contributed by atoms with van der Waals surface area (Å²) < 4.78 is 32.7. The number of nitrogens with zero attached hydrogens (tertiary/aromatic N) is 1. The van der Waals surface area contributed by atoms with Crippen molar-refractivity contribution in [2.45, 2.75) is 18.1 Å². The largest absolute Gasteiger partial charge is 0.492 e. The fourth-order valence-corrected chi connectivity index (χ4v) is 4.05. The molecule has 1 aromatic carbocycles. The van der Waals surface area contributed by atoms with Gasteiger partial charge in [-0.05, 0) is 26.0 Å². The molecular weight excluding hydrogens is 298 g/mol. The number of aryl methyl sites for hydroxylation is 1. The van der Waals surface area contributed by atoms with Crippen molar-refractivity contribution in [3.05, 3.63) is 30.0 Å². The van der Waals surface area contributed by atoms with E-state index in [0.29, 0.717) is 23.7 Å². The Balaban J connectivity index is 2.36. The first kappa shape index (κ1) is 14.6. The maximum absolute atomic E-state index is 12.3. The highest BCUT2D eigenvalue weighted by molar-refractivity contribution is 7.94. The van der Waals surface area contributed by atoms with Gasteiger partial charge in [0.1, 0.15) is 5.75 Å². The fourth-order valence-electron chi connectivity index (χ4n) is 1.68. The Morgan fingerprint density at radius 1 is 1.40 bits per heavy atom. The highest BCUT2D eigenvalue weighted by atomic mass is 32.2. The first-order chi connectivity index (χ1) is 9.44. The number of nitrogen functional groups attached to an aromatic ring is 1. The minimum atomic E-state index is -3.72. The molecule has 6 nitrogen and oxygen atoms in total. The van der Waals surface area contributed by atoms with Crippen molar-refractivity contribution >= 4 is 32.2 Å². The molecule has 2 aromatic rings. The number of aromatic nitrogens is 1. The van der Waals surface area contributed by atoms with Crippen LogP contribution in [0.4, 0.5) is 10.8 Å². The summed E-state index contributed by atoms with van der Waals surface area (Å²) in [5, 5.41) is 0.223. The van der Waals surface area contributed by atoms with E-state index < -0.39 is 10.0 Å². The van der Waals surface area contributed by atoms with Crippen LogP contribution in [0.1, 0.15) is 12.6 Å². The van der Waals surface area contributed by atoms with Gasteiger partial charge in [0.2, 0.25) is 0 Å². The van der Waals surface area contributed by atoms with Crippen LogP contribution in [-0.2, 0) is 10.0 Å². The summed E-state index contributed by atoms with van der Waals surface area (Å²) in [6.45, 7) is 3.89. The summed E-state index contributed by atoms with van der Waals surface area (Å²) in [6, 6.07) is 6.85. The molecule has 0 unspecified atom stereocenters. The van der Waals surface area contributed by atoms with Gasteiger partial charge < -0.3 is 10.5 Å². The van der Waals surface area contributed by atoms with Crippen LogP contribution >= 0.6 is 11.3 Å². The quantitative estimate of drug-likeness (QED) is 0.882. The lowest BCUT2D eigenvalue weighted by Crippen LogP contribution is -2.13. The predicted octanol–water partition coefficient (Wildman–Crippen LogP) is 2.23. The van der Waals surface area contributed by atoms with Crippen LogP contribution in [0.25, 0.3) is 0 Å². The second-order valence-electron chi connectivity index (χ2n) is 3.96. The molecule has 0 amide bonds. The van der Waals surface area contributed by atoms with Crippen molar-refractivity contribution in [2.75, 3.05) is 17.1 Å². The third-order valence-corrected chi connectivity index (χ3v) is 5.41. The predicted molar refractivity (Wildman–Crippen MR) is 79.7 cm³/mol. The van der Waals surface area contributed by atoms with E-state index in [-0.39, 0.29) is 9.34 Å². The number of thiazole rings is 1. The Bertz CT molecular complexity index is 710. The van der Waals surface area contributed by atoms with Crippen LogP contribution in [-0.4, -0.2) is 20.0 Å². The van der Waals surface area contributed by atoms with Gasteiger partial charge in [0.25, 0.3) is 10.0 Å². The van der Waals surface area contributed by atoms with E-state index in [1.165, 1.54) is 0 Å². The summed E-state index contributed by atoms with van der Waals surface area (Å²) in [6.07, 6.45) is 0. The Morgan fingerprint density at radius 2 is 2.10 bits per heavy atom. The Hall–Kier alpha value is -1.80. The molecule has 0 aliphatic rings. The maximum atomic E-state index is 12.3. The van der Waals surface area contributed by atoms with E-state index in [4.69, 9.17) is 10.5 Å². The molecule has 0 radical (unpaired) electrons. The number of benzene rings is 1. The molecule has 0 saturated carbocycles. The van der Waals surface area contributed by atoms with Gasteiger partial charge in [-0.25, -0.2) is 13.4 Å². The van der Waals surface area contributed by atoms with Crippen molar-refractivity contribution in [3.63, 3.8) is 0 Å². The van der Waals surface area contributed by atoms with Crippen LogP contribution in [0.5, 0.6) is 5.75 Å². The van der Waals surface area contributed by atoms with Gasteiger partial charge >= 0.3 is 0 Å². The molecule has 0 atom stereocenters. The topological polar surface area (TPSA) is 94.3 Å². The highest BCUT2D eigenvalue weighted by Crippen LogP contribution is 2.30. The molecule has 1 heterocycles. The zero-order chi connectivity index (χ0) is 14.8. The fraction of sp³-hybridized carbons (Fsp3) is 0.250. The van der Waals surface area contributed by atoms with Crippen LogP contribution in [0.15, 0.2) is 28.5 Å². The summed E-state index contributed by atoms with van der Waals surface area (Å²) in [4.78, 5) is 3.92. The molecule has 1 aromatic heterocycles. The van der Waals surface area contributed by atoms with Crippen molar-refractivity contribution < 1.29 is 13.2 Å². The average molecular weight is 313 g/mol. The van der Waals surface area contributed by atoms with Gasteiger partial charge in [0.15, 0.2) is 9.34 Å². The number of rotatable bonds is 5. The van der Waals surface area contributed by atoms with Gasteiger partial charge in [0, 0.05) is 0 Å². The number of anilines is 2. The van der Waals surface area contributed by atoms with E-state index in [2.05, 4.69) is 9.71 Å². The number of sulfonamides is 1. The van der Waals surface area contributed by atoms with E-state index in [1.54, 1.807) is 31.2 Å². The molecular formula is C12H15N3O3S2. The molecule has 0 spiro atoms. The van der Waals surface area contributed by atoms with E-state index in [9.17, 15) is 8.42 Å². The number of nitrogens with two attached hydrogens (primary N) is 1. The van der Waals surface area contributed by atoms with Crippen LogP contribution in [0.3, 0.4) is 0 Å². The lowest BCUT2D eigenvalue weighted by Gasteiger charge is -2.11. The third-order valence-electron chi connectivity index (χ3n) is 2.45. The van der Waals surface area contributed by atoms with E-state index in [1.807, 2.05) is 6.92 Å². The van der Waals surface area contributed by atoms with Crippen molar-refractivity contribution in [3.8, 4) is 5.75 Å². The molecule has 0 bridgehead atoms. The molecule has 0 aliphatic heterocycles. The lowest BCUT2D eigenvalue weighted by atomic mass is 10.3. The van der Waals surface area contributed by atoms with E-state index in [0.717, 1.165) is 11.3 Å². The van der Waals surface area contributed by atoms with Gasteiger partial charge in [-0.3, -0.25) is 4.72 Å². The molecule has 20 heavy (non-hydrogen) atoms. The van der Waals surface area contributed by atoms with Gasteiger partial charge in [0.05, 0.1) is 18.0 Å². The second-order valence-corrected chi connectivity index (χ2v) is 6.87. The summed E-state index contributed by atoms with van der Waals surface area (Å²) in [5.41, 5.74) is 6.31. The molecule has 0 saturated heterocycles. The standard InChI is InChI=1S/C12H15N3O3S2/c1-3-18-10-7-5-4-6-9(10)15-20(16,17)11-8(2)14-12(13)19-11/h4-7,15H,3H2,1-2H3,(H2,13,14). The summed E-state index contributed by atoms with van der Waals surface area (Å²) >= 11 is 0.935. The lowest BCUT2D eigenvalue weighted by molar-refractivity contribution is 0.342. The smallest absolute Gasteiger partial charge is 0.273 e. The van der Waals surface area contributed by atoms with Crippen molar-refractivity contribution in [2.24, 2.45) is 0 Å². The molecule has 3 N–H and O–H groups in total. The Kier molecular flexibility index (Phi) is 4.15. The molecule has 0 fully saturated rings. The number of ether oxygens (including phenoxy) is 1. The zero-order valence-electron chi connectivity index (χ0n) is 11.1. The Labute approximate surface area is 121 Å². The number of nitrogens with one attached hydrogen (secondary N) is 1. The molecule has 8 heteroatoms. The monoisotopic (exact) mass is 313 g/mol. The minimum Gasteiger partial charge on any atom is -0.492 e. The van der Waals surface area contributed by atoms with Gasteiger partial charge in [-0.1, -0.05) is 23.5 Å². The van der Waals surface area contributed by atoms with Gasteiger partial charge in [-0.2, -0.15) is 0 Å². The van der Waals surface area contributed by atoms with Gasteiger partial charge in [-0.15, -0.1) is 0 Å². The first-order valence-corrected chi connectivity index (χ1v) is 8.21. The number of hydrogen-bond acceptors (Lipinski definition) is 6. The SMILES string of the molecule is CCOc1ccccc1NS(=O)(=O)c1sc(N)nc1C. The molecule has 108 valence electrons. The van der Waals surface area contributed by atoms with Crippen LogP contribution < -0.4 is 15.2 Å². The minimum absolute atomic E-state index is 0.112. The van der Waals surface area contributed by atoms with Crippen LogP contribution in [0.2, 0.25) is 0 Å². The average Bonchev–Trinajstić information content (AvgIpc) is 2.72. The zero-order valence-corrected chi connectivity index (χ0v) is 12.7. The highest BCUT2D eigenvalue weighted by Gasteiger charge is 2.22.